The Morgan fingerprint density at radius 1 is 0.632 bits per heavy atom. The van der Waals surface area contributed by atoms with Crippen molar-refractivity contribution in [2.45, 2.75) is 41.5 Å². The van der Waals surface area contributed by atoms with Gasteiger partial charge in [0.15, 0.2) is 0 Å². The fourth-order valence-corrected chi connectivity index (χ4v) is 4.90. The summed E-state index contributed by atoms with van der Waals surface area (Å²) in [5.74, 6) is 0.723. The van der Waals surface area contributed by atoms with E-state index >= 15 is 0 Å². The molecule has 0 amide bonds. The first-order chi connectivity index (χ1) is 17.2. The van der Waals surface area contributed by atoms with Gasteiger partial charge in [-0.3, -0.25) is 12.2 Å². The van der Waals surface area contributed by atoms with Crippen LogP contribution >= 0.6 is 0 Å². The molecule has 0 radical (unpaired) electrons. The maximum absolute atomic E-state index is 3.45. The number of allylic oxidation sites excluding steroid dienone is 8. The first-order valence-electron chi connectivity index (χ1n) is 12.5. The zero-order chi connectivity index (χ0) is 25.8. The number of nitrogens with zero attached hydrogens (tertiary/aromatic N) is 2. The third-order valence-electron chi connectivity index (χ3n) is 6.20. The maximum Gasteiger partial charge on any atom is -1.00 e. The molecule has 0 fully saturated rings. The van der Waals surface area contributed by atoms with E-state index in [2.05, 4.69) is 148 Å². The van der Waals surface area contributed by atoms with Crippen molar-refractivity contribution >= 4 is 14.6 Å². The van der Waals surface area contributed by atoms with Crippen molar-refractivity contribution in [2.24, 2.45) is 11.8 Å². The number of halogens is 2. The second kappa shape index (κ2) is 14.3. The Labute approximate surface area is 256 Å². The Morgan fingerprint density at radius 3 is 1.26 bits per heavy atom. The van der Waals surface area contributed by atoms with Gasteiger partial charge in [0.1, 0.15) is 0 Å². The minimum absolute atomic E-state index is 0. The number of hydrogen-bond donors (Lipinski definition) is 0. The summed E-state index contributed by atoms with van der Waals surface area (Å²) >= 11 is 1.55. The number of benzene rings is 2. The Morgan fingerprint density at radius 2 is 0.947 bits per heavy atom. The van der Waals surface area contributed by atoms with E-state index in [1.54, 1.807) is 24.2 Å². The van der Waals surface area contributed by atoms with Crippen LogP contribution in [0, 0.1) is 24.0 Å². The monoisotopic (exact) mass is 618 g/mol. The minimum atomic E-state index is 0. The molecule has 196 valence electrons. The van der Waals surface area contributed by atoms with Crippen LogP contribution in [0.4, 0.5) is 11.4 Å². The van der Waals surface area contributed by atoms with Gasteiger partial charge in [0.2, 0.25) is 0 Å². The van der Waals surface area contributed by atoms with Gasteiger partial charge in [0, 0.05) is 22.8 Å². The van der Waals surface area contributed by atoms with Crippen LogP contribution in [0.1, 0.15) is 41.5 Å². The second-order valence-corrected chi connectivity index (χ2v) is 12.2. The zero-order valence-corrected chi connectivity index (χ0v) is 26.9. The average Bonchev–Trinajstić information content (AvgIpc) is 3.52. The molecule has 0 saturated carbocycles. The van der Waals surface area contributed by atoms with E-state index in [1.165, 1.54) is 48.5 Å². The summed E-state index contributed by atoms with van der Waals surface area (Å²) in [7, 11) is 0. The Bertz CT molecular complexity index is 1220. The Hall–Kier alpha value is -2.19. The molecule has 6 rings (SSSR count). The molecule has 5 heteroatoms. The number of fused-ring (bicyclic) bond motifs is 2. The zero-order valence-electron chi connectivity index (χ0n) is 22.9. The molecule has 0 aromatic heterocycles. The molecule has 0 N–H and O–H groups in total. The summed E-state index contributed by atoms with van der Waals surface area (Å²) in [6, 6.07) is 21.0. The molecule has 2 aliphatic heterocycles. The van der Waals surface area contributed by atoms with Gasteiger partial charge < -0.3 is 34.6 Å². The van der Waals surface area contributed by atoms with Crippen LogP contribution < -0.4 is 34.6 Å². The van der Waals surface area contributed by atoms with Crippen molar-refractivity contribution in [1.82, 2.24) is 0 Å². The van der Waals surface area contributed by atoms with E-state index in [-0.39, 0.29) is 24.8 Å². The van der Waals surface area contributed by atoms with Crippen molar-refractivity contribution in [1.29, 1.82) is 0 Å². The predicted octanol–water partition coefficient (Wildman–Crippen LogP) is 2.10. The fraction of sp³-hybridized carbons (Fsp3) is 0.242. The maximum atomic E-state index is 3.45. The van der Waals surface area contributed by atoms with Crippen LogP contribution in [0.3, 0.4) is 0 Å². The summed E-state index contributed by atoms with van der Waals surface area (Å²) in [5.41, 5.74) is 10.2. The smallest absolute Gasteiger partial charge is 1.00 e. The number of hydrogen-bond acceptors (Lipinski definition) is 2. The van der Waals surface area contributed by atoms with E-state index in [4.69, 9.17) is 0 Å². The molecule has 2 nitrogen and oxygen atoms in total. The molecule has 2 aromatic carbocycles. The van der Waals surface area contributed by atoms with Crippen LogP contribution in [-0.2, 0) is 24.2 Å². The number of para-hydroxylation sites is 2. The molecule has 4 aliphatic rings. The van der Waals surface area contributed by atoms with Crippen molar-refractivity contribution in [3.8, 4) is 0 Å². The fourth-order valence-electron chi connectivity index (χ4n) is 4.90. The van der Waals surface area contributed by atoms with E-state index < -0.39 is 0 Å². The molecular weight excluding hydrogens is 587 g/mol. The first kappa shape index (κ1) is 32.0. The standard InChI is InChI=1S/2C15H14N.C3H6.2ClH.Zr/c2*1-11-8-13-10-12(2)16(15(13)9-11)14-6-4-3-5-7-14;1-3-2;;;/h2*3-7,9-10,13H,1-2H3;1-2H3;2*1H;/q2*-1;;;;+2/p-2. The second-order valence-electron chi connectivity index (χ2n) is 9.71. The van der Waals surface area contributed by atoms with Crippen molar-refractivity contribution < 1.29 is 49.0 Å². The van der Waals surface area contributed by atoms with Gasteiger partial charge in [-0.1, -0.05) is 85.6 Å². The molecule has 2 aliphatic carbocycles. The summed E-state index contributed by atoms with van der Waals surface area (Å²) in [4.78, 5) is 4.63. The third kappa shape index (κ3) is 7.47. The van der Waals surface area contributed by atoms with Gasteiger partial charge in [-0.05, 0) is 38.1 Å². The van der Waals surface area contributed by atoms with Crippen LogP contribution in [0.25, 0.3) is 0 Å². The average molecular weight is 621 g/mol. The molecule has 0 spiro atoms. The molecule has 0 bridgehead atoms. The van der Waals surface area contributed by atoms with Crippen molar-refractivity contribution in [3.05, 3.63) is 131 Å². The predicted molar refractivity (Wildman–Crippen MR) is 150 cm³/mol. The van der Waals surface area contributed by atoms with Gasteiger partial charge in [-0.2, -0.15) is 12.2 Å². The van der Waals surface area contributed by atoms with E-state index in [0.717, 1.165) is 0 Å². The SMILES string of the molecule is CC1=[C-]C2C=C(C)N(c3ccccc3)C2=C1.CC1=[C-]C2C=C(C)N(c3ccccc3)C2=C1.C[C](C)=[Zr+2].[Cl-].[Cl-]. The van der Waals surface area contributed by atoms with E-state index in [0.29, 0.717) is 11.8 Å². The molecule has 2 heterocycles. The third-order valence-corrected chi connectivity index (χ3v) is 6.20. The van der Waals surface area contributed by atoms with Crippen LogP contribution in [0.15, 0.2) is 119 Å². The number of rotatable bonds is 2. The molecule has 0 saturated heterocycles. The molecule has 38 heavy (non-hydrogen) atoms. The van der Waals surface area contributed by atoms with E-state index in [1.807, 2.05) is 0 Å². The normalized spacial score (nSPS) is 19.9. The largest absolute Gasteiger partial charge is 1.00 e. The minimum Gasteiger partial charge on any atom is -1.00 e. The van der Waals surface area contributed by atoms with Crippen molar-refractivity contribution in [2.75, 3.05) is 9.80 Å². The molecular formula is C33H34Cl2N2Zr-2. The molecule has 2 atom stereocenters. The van der Waals surface area contributed by atoms with Gasteiger partial charge in [-0.25, -0.2) is 11.1 Å². The topological polar surface area (TPSA) is 6.48 Å². The summed E-state index contributed by atoms with van der Waals surface area (Å²) in [6.45, 7) is 12.8. The van der Waals surface area contributed by atoms with Gasteiger partial charge in [0.25, 0.3) is 0 Å². The summed E-state index contributed by atoms with van der Waals surface area (Å²) < 4.78 is 1.51. The Balaban J connectivity index is 0.000000224. The van der Waals surface area contributed by atoms with Crippen LogP contribution in [-0.4, -0.2) is 3.21 Å². The number of anilines is 2. The summed E-state index contributed by atoms with van der Waals surface area (Å²) in [6.07, 6.45) is 15.9. The van der Waals surface area contributed by atoms with Crippen molar-refractivity contribution in [3.63, 3.8) is 0 Å². The molecule has 2 aromatic rings. The van der Waals surface area contributed by atoms with Crippen LogP contribution in [0.5, 0.6) is 0 Å². The summed E-state index contributed by atoms with van der Waals surface area (Å²) in [5, 5.41) is 0. The first-order valence-corrected chi connectivity index (χ1v) is 13.7. The van der Waals surface area contributed by atoms with E-state index in [9.17, 15) is 0 Å². The molecule has 2 unspecified atom stereocenters. The van der Waals surface area contributed by atoms with Gasteiger partial charge in [-0.15, -0.1) is 0 Å². The van der Waals surface area contributed by atoms with Gasteiger partial charge >= 0.3 is 41.3 Å². The van der Waals surface area contributed by atoms with Gasteiger partial charge in [0.05, 0.1) is 0 Å². The van der Waals surface area contributed by atoms with Crippen LogP contribution in [0.2, 0.25) is 0 Å². The quantitative estimate of drug-likeness (QED) is 0.475. The Kier molecular flexibility index (Phi) is 12.0.